The van der Waals surface area contributed by atoms with Crippen molar-refractivity contribution < 1.29 is 9.47 Å². The van der Waals surface area contributed by atoms with E-state index in [-0.39, 0.29) is 0 Å². The fourth-order valence-electron chi connectivity index (χ4n) is 1.53. The highest BCUT2D eigenvalue weighted by atomic mass is 35.5. The summed E-state index contributed by atoms with van der Waals surface area (Å²) in [4.78, 5) is 8.39. The van der Waals surface area contributed by atoms with Crippen LogP contribution in [0.25, 0.3) is 10.9 Å². The summed E-state index contributed by atoms with van der Waals surface area (Å²) < 4.78 is 10.4. The van der Waals surface area contributed by atoms with E-state index in [4.69, 9.17) is 21.1 Å². The van der Waals surface area contributed by atoms with Gasteiger partial charge in [-0.05, 0) is 6.07 Å². The van der Waals surface area contributed by atoms with Crippen molar-refractivity contribution in [1.29, 1.82) is 0 Å². The molecule has 0 saturated heterocycles. The third kappa shape index (κ3) is 2.06. The van der Waals surface area contributed by atoms with Crippen molar-refractivity contribution >= 4 is 28.5 Å². The molecule has 0 fully saturated rings. The number of nitrogens with zero attached hydrogens (tertiary/aromatic N) is 2. The normalized spacial score (nSPS) is 10.4. The molecule has 1 heterocycles. The van der Waals surface area contributed by atoms with Gasteiger partial charge in [0.1, 0.15) is 5.15 Å². The summed E-state index contributed by atoms with van der Waals surface area (Å²) in [5.74, 6) is 1.68. The van der Waals surface area contributed by atoms with E-state index in [0.717, 1.165) is 5.39 Å². The molecule has 0 aliphatic rings. The second-order valence-corrected chi connectivity index (χ2v) is 3.67. The van der Waals surface area contributed by atoms with Crippen LogP contribution in [0.1, 0.15) is 0 Å². The largest absolute Gasteiger partial charge is 0.493 e. The van der Waals surface area contributed by atoms with Crippen molar-refractivity contribution in [2.45, 2.75) is 0 Å². The Morgan fingerprint density at radius 3 is 2.35 bits per heavy atom. The van der Waals surface area contributed by atoms with Crippen LogP contribution in [-0.2, 0) is 0 Å². The molecule has 17 heavy (non-hydrogen) atoms. The van der Waals surface area contributed by atoms with Crippen molar-refractivity contribution in [3.05, 3.63) is 17.3 Å². The molecule has 0 spiro atoms. The number of fused-ring (bicyclic) bond motifs is 1. The summed E-state index contributed by atoms with van der Waals surface area (Å²) in [7, 11) is 4.88. The number of hydrogen-bond donors (Lipinski definition) is 1. The maximum Gasteiger partial charge on any atom is 0.224 e. The first-order valence-corrected chi connectivity index (χ1v) is 5.34. The summed E-state index contributed by atoms with van der Waals surface area (Å²) in [6.45, 7) is 0. The highest BCUT2D eigenvalue weighted by Gasteiger charge is 2.11. The van der Waals surface area contributed by atoms with Crippen LogP contribution in [0.15, 0.2) is 12.1 Å². The summed E-state index contributed by atoms with van der Waals surface area (Å²) in [6.07, 6.45) is 0. The van der Waals surface area contributed by atoms with Crippen LogP contribution in [0.2, 0.25) is 5.15 Å². The molecule has 0 amide bonds. The number of rotatable bonds is 3. The summed E-state index contributed by atoms with van der Waals surface area (Å²) >= 11 is 6.08. The first-order valence-electron chi connectivity index (χ1n) is 4.96. The van der Waals surface area contributed by atoms with Gasteiger partial charge in [-0.3, -0.25) is 0 Å². The van der Waals surface area contributed by atoms with E-state index in [0.29, 0.717) is 28.1 Å². The molecule has 0 atom stereocenters. The van der Waals surface area contributed by atoms with Crippen molar-refractivity contribution in [1.82, 2.24) is 9.97 Å². The quantitative estimate of drug-likeness (QED) is 0.851. The third-order valence-electron chi connectivity index (χ3n) is 2.38. The predicted octanol–water partition coefficient (Wildman–Crippen LogP) is 2.34. The van der Waals surface area contributed by atoms with Gasteiger partial charge in [-0.2, -0.15) is 0 Å². The van der Waals surface area contributed by atoms with Crippen LogP contribution in [0, 0.1) is 0 Å². The Morgan fingerprint density at radius 2 is 1.76 bits per heavy atom. The lowest BCUT2D eigenvalue weighted by Gasteiger charge is -2.10. The number of nitrogens with one attached hydrogen (secondary N) is 1. The van der Waals surface area contributed by atoms with Crippen LogP contribution >= 0.6 is 11.6 Å². The van der Waals surface area contributed by atoms with Gasteiger partial charge in [-0.25, -0.2) is 9.97 Å². The summed E-state index contributed by atoms with van der Waals surface area (Å²) in [5.41, 5.74) is 0.701. The van der Waals surface area contributed by atoms with E-state index in [1.807, 2.05) is 0 Å². The van der Waals surface area contributed by atoms with Crippen molar-refractivity contribution in [2.24, 2.45) is 0 Å². The molecule has 2 rings (SSSR count). The Hall–Kier alpha value is -1.75. The topological polar surface area (TPSA) is 56.3 Å². The van der Waals surface area contributed by atoms with Gasteiger partial charge < -0.3 is 14.8 Å². The predicted molar refractivity (Wildman–Crippen MR) is 67.2 cm³/mol. The molecule has 5 nitrogen and oxygen atoms in total. The molecule has 0 bridgehead atoms. The van der Waals surface area contributed by atoms with E-state index in [1.165, 1.54) is 0 Å². The zero-order valence-electron chi connectivity index (χ0n) is 9.74. The van der Waals surface area contributed by atoms with Crippen LogP contribution in [0.3, 0.4) is 0 Å². The van der Waals surface area contributed by atoms with Crippen LogP contribution in [0.4, 0.5) is 5.95 Å². The molecule has 0 unspecified atom stereocenters. The number of methoxy groups -OCH3 is 2. The lowest BCUT2D eigenvalue weighted by Crippen LogP contribution is -1.98. The SMILES string of the molecule is CNc1nc(Cl)c2cc(OC)c(OC)cc2n1. The molecular formula is C11H12ClN3O2. The van der Waals surface area contributed by atoms with E-state index >= 15 is 0 Å². The number of aromatic nitrogens is 2. The van der Waals surface area contributed by atoms with Gasteiger partial charge >= 0.3 is 0 Å². The fraction of sp³-hybridized carbons (Fsp3) is 0.273. The standard InChI is InChI=1S/C11H12ClN3O2/c1-13-11-14-7-5-9(17-3)8(16-2)4-6(7)10(12)15-11/h4-5H,1-3H3,(H,13,14,15). The molecule has 0 radical (unpaired) electrons. The minimum Gasteiger partial charge on any atom is -0.493 e. The Balaban J connectivity index is 2.73. The van der Waals surface area contributed by atoms with E-state index in [1.54, 1.807) is 33.4 Å². The van der Waals surface area contributed by atoms with Gasteiger partial charge in [0.2, 0.25) is 5.95 Å². The second kappa shape index (κ2) is 4.63. The average Bonchev–Trinajstić information content (AvgIpc) is 2.36. The average molecular weight is 254 g/mol. The highest BCUT2D eigenvalue weighted by molar-refractivity contribution is 6.34. The zero-order valence-corrected chi connectivity index (χ0v) is 10.5. The molecule has 0 aliphatic heterocycles. The van der Waals surface area contributed by atoms with E-state index < -0.39 is 0 Å². The first-order chi connectivity index (χ1) is 8.19. The van der Waals surface area contributed by atoms with Crippen LogP contribution < -0.4 is 14.8 Å². The minimum absolute atomic E-state index is 0.375. The Bertz CT molecular complexity index is 560. The lowest BCUT2D eigenvalue weighted by atomic mass is 10.2. The van der Waals surface area contributed by atoms with Crippen LogP contribution in [-0.4, -0.2) is 31.2 Å². The minimum atomic E-state index is 0.375. The number of halogens is 1. The molecule has 1 N–H and O–H groups in total. The number of hydrogen-bond acceptors (Lipinski definition) is 5. The monoisotopic (exact) mass is 253 g/mol. The van der Waals surface area contributed by atoms with Gasteiger partial charge in [0, 0.05) is 18.5 Å². The van der Waals surface area contributed by atoms with Gasteiger partial charge in [0.15, 0.2) is 11.5 Å². The van der Waals surface area contributed by atoms with Gasteiger partial charge in [0.25, 0.3) is 0 Å². The Kier molecular flexibility index (Phi) is 3.19. The maximum absolute atomic E-state index is 6.08. The Labute approximate surface area is 104 Å². The van der Waals surface area contributed by atoms with E-state index in [2.05, 4.69) is 15.3 Å². The fourth-order valence-corrected chi connectivity index (χ4v) is 1.76. The zero-order chi connectivity index (χ0) is 12.4. The Morgan fingerprint density at radius 1 is 1.12 bits per heavy atom. The molecule has 2 aromatic rings. The third-order valence-corrected chi connectivity index (χ3v) is 2.67. The van der Waals surface area contributed by atoms with Gasteiger partial charge in [-0.15, -0.1) is 0 Å². The van der Waals surface area contributed by atoms with Crippen molar-refractivity contribution in [2.75, 3.05) is 26.6 Å². The van der Waals surface area contributed by atoms with Crippen molar-refractivity contribution in [3.63, 3.8) is 0 Å². The smallest absolute Gasteiger partial charge is 0.224 e. The molecular weight excluding hydrogens is 242 g/mol. The lowest BCUT2D eigenvalue weighted by molar-refractivity contribution is 0.356. The summed E-state index contributed by atoms with van der Waals surface area (Å²) in [5, 5.41) is 3.95. The molecule has 1 aromatic heterocycles. The highest BCUT2D eigenvalue weighted by Crippen LogP contribution is 2.34. The molecule has 90 valence electrons. The van der Waals surface area contributed by atoms with Crippen LogP contribution in [0.5, 0.6) is 11.5 Å². The molecule has 6 heteroatoms. The maximum atomic E-state index is 6.08. The molecule has 0 saturated carbocycles. The number of benzene rings is 1. The van der Waals surface area contributed by atoms with Crippen molar-refractivity contribution in [3.8, 4) is 11.5 Å². The second-order valence-electron chi connectivity index (χ2n) is 3.31. The molecule has 0 aliphatic carbocycles. The summed E-state index contributed by atoms with van der Waals surface area (Å²) in [6, 6.07) is 3.53. The van der Waals surface area contributed by atoms with E-state index in [9.17, 15) is 0 Å². The first kappa shape index (κ1) is 11.7. The number of anilines is 1. The number of ether oxygens (including phenoxy) is 2. The van der Waals surface area contributed by atoms with Gasteiger partial charge in [0.05, 0.1) is 19.7 Å². The van der Waals surface area contributed by atoms with Gasteiger partial charge in [-0.1, -0.05) is 11.6 Å². The molecule has 1 aromatic carbocycles.